The topological polar surface area (TPSA) is 59.1 Å². The van der Waals surface area contributed by atoms with Crippen LogP contribution in [-0.4, -0.2) is 59.7 Å². The molecule has 6 heteroatoms. The van der Waals surface area contributed by atoms with Crippen LogP contribution in [0.4, 0.5) is 4.79 Å². The Morgan fingerprint density at radius 1 is 1.16 bits per heavy atom. The molecule has 1 unspecified atom stereocenters. The molecule has 1 aliphatic heterocycles. The van der Waals surface area contributed by atoms with Crippen molar-refractivity contribution in [2.45, 2.75) is 45.9 Å². The molecule has 6 nitrogen and oxygen atoms in total. The molecule has 138 valence electrons. The summed E-state index contributed by atoms with van der Waals surface area (Å²) in [5, 5.41) is 0. The lowest BCUT2D eigenvalue weighted by molar-refractivity contribution is -0.152. The van der Waals surface area contributed by atoms with Gasteiger partial charge in [0.25, 0.3) is 0 Å². The predicted molar refractivity (Wildman–Crippen MR) is 95.1 cm³/mol. The minimum absolute atomic E-state index is 0.278. The minimum Gasteiger partial charge on any atom is -0.465 e. The highest BCUT2D eigenvalue weighted by Gasteiger charge is 2.36. The molecule has 1 aliphatic rings. The van der Waals surface area contributed by atoms with Crippen LogP contribution in [0.1, 0.15) is 33.3 Å². The number of amides is 1. The standard InChI is InChI=1S/C19H28N2O4/c1-5-24-17(22)16-14-21(18(23)25-19(2,3)4)12-11-20(16)13-15-9-7-6-8-10-15/h6-10,16H,5,11-14H2,1-4H3. The molecule has 0 N–H and O–H groups in total. The molecule has 0 bridgehead atoms. The Hall–Kier alpha value is -2.08. The lowest BCUT2D eigenvalue weighted by atomic mass is 10.1. The lowest BCUT2D eigenvalue weighted by Crippen LogP contribution is -2.58. The molecule has 1 fully saturated rings. The first-order valence-corrected chi connectivity index (χ1v) is 8.72. The monoisotopic (exact) mass is 348 g/mol. The van der Waals surface area contributed by atoms with Gasteiger partial charge >= 0.3 is 12.1 Å². The van der Waals surface area contributed by atoms with Gasteiger partial charge in [-0.25, -0.2) is 4.79 Å². The molecular weight excluding hydrogens is 320 g/mol. The third-order valence-electron chi connectivity index (χ3n) is 3.93. The van der Waals surface area contributed by atoms with Crippen molar-refractivity contribution < 1.29 is 19.1 Å². The van der Waals surface area contributed by atoms with Crippen LogP contribution in [0.25, 0.3) is 0 Å². The van der Waals surface area contributed by atoms with E-state index in [0.29, 0.717) is 26.2 Å². The van der Waals surface area contributed by atoms with Crippen LogP contribution in [-0.2, 0) is 20.8 Å². The first-order valence-electron chi connectivity index (χ1n) is 8.72. The molecule has 2 rings (SSSR count). The van der Waals surface area contributed by atoms with Crippen molar-refractivity contribution in [3.05, 3.63) is 35.9 Å². The van der Waals surface area contributed by atoms with E-state index in [1.165, 1.54) is 0 Å². The molecule has 0 radical (unpaired) electrons. The Morgan fingerprint density at radius 3 is 2.44 bits per heavy atom. The fourth-order valence-corrected chi connectivity index (χ4v) is 2.78. The van der Waals surface area contributed by atoms with Crippen molar-refractivity contribution in [2.24, 2.45) is 0 Å². The lowest BCUT2D eigenvalue weighted by Gasteiger charge is -2.40. The maximum Gasteiger partial charge on any atom is 0.410 e. The van der Waals surface area contributed by atoms with Crippen molar-refractivity contribution in [3.8, 4) is 0 Å². The summed E-state index contributed by atoms with van der Waals surface area (Å²) in [4.78, 5) is 28.4. The van der Waals surface area contributed by atoms with E-state index < -0.39 is 11.6 Å². The summed E-state index contributed by atoms with van der Waals surface area (Å²) in [6.07, 6.45) is -0.388. The predicted octanol–water partition coefficient (Wildman–Crippen LogP) is 2.67. The highest BCUT2D eigenvalue weighted by Crippen LogP contribution is 2.18. The molecule has 1 atom stereocenters. The van der Waals surface area contributed by atoms with E-state index >= 15 is 0 Å². The van der Waals surface area contributed by atoms with Crippen molar-refractivity contribution in [3.63, 3.8) is 0 Å². The van der Waals surface area contributed by atoms with Gasteiger partial charge in [0, 0.05) is 19.6 Å². The van der Waals surface area contributed by atoms with Gasteiger partial charge < -0.3 is 14.4 Å². The van der Waals surface area contributed by atoms with Gasteiger partial charge in [0.1, 0.15) is 11.6 Å². The van der Waals surface area contributed by atoms with Crippen LogP contribution in [0.3, 0.4) is 0 Å². The van der Waals surface area contributed by atoms with Gasteiger partial charge in [-0.2, -0.15) is 0 Å². The number of rotatable bonds is 4. The minimum atomic E-state index is -0.558. The third-order valence-corrected chi connectivity index (χ3v) is 3.93. The Balaban J connectivity index is 2.09. The Morgan fingerprint density at radius 2 is 1.84 bits per heavy atom. The average molecular weight is 348 g/mol. The zero-order chi connectivity index (χ0) is 18.4. The molecule has 0 aromatic heterocycles. The van der Waals surface area contributed by atoms with Crippen LogP contribution in [0.15, 0.2) is 30.3 Å². The van der Waals surface area contributed by atoms with E-state index in [-0.39, 0.29) is 18.6 Å². The zero-order valence-electron chi connectivity index (χ0n) is 15.5. The number of ether oxygens (including phenoxy) is 2. The second kappa shape index (κ2) is 8.34. The number of benzene rings is 1. The summed E-state index contributed by atoms with van der Waals surface area (Å²) < 4.78 is 10.7. The van der Waals surface area contributed by atoms with E-state index in [1.54, 1.807) is 11.8 Å². The van der Waals surface area contributed by atoms with Gasteiger partial charge in [0.05, 0.1) is 13.2 Å². The molecule has 0 aliphatic carbocycles. The second-order valence-corrected chi connectivity index (χ2v) is 7.15. The van der Waals surface area contributed by atoms with E-state index in [4.69, 9.17) is 9.47 Å². The molecule has 1 aromatic rings. The molecule has 1 amide bonds. The van der Waals surface area contributed by atoms with Gasteiger partial charge in [-0.05, 0) is 33.3 Å². The number of hydrogen-bond donors (Lipinski definition) is 0. The zero-order valence-corrected chi connectivity index (χ0v) is 15.5. The number of esters is 1. The summed E-state index contributed by atoms with van der Waals surface area (Å²) in [6.45, 7) is 9.65. The van der Waals surface area contributed by atoms with Crippen LogP contribution >= 0.6 is 0 Å². The number of hydrogen-bond acceptors (Lipinski definition) is 5. The third kappa shape index (κ3) is 5.74. The van der Waals surface area contributed by atoms with E-state index in [0.717, 1.165) is 5.56 Å². The first kappa shape index (κ1) is 19.2. The van der Waals surface area contributed by atoms with Crippen molar-refractivity contribution in [2.75, 3.05) is 26.2 Å². The highest BCUT2D eigenvalue weighted by atomic mass is 16.6. The quantitative estimate of drug-likeness (QED) is 0.783. The van der Waals surface area contributed by atoms with Gasteiger partial charge in [0.15, 0.2) is 0 Å². The highest BCUT2D eigenvalue weighted by molar-refractivity contribution is 5.78. The van der Waals surface area contributed by atoms with Gasteiger partial charge in [-0.1, -0.05) is 30.3 Å². The first-order chi connectivity index (χ1) is 11.8. The van der Waals surface area contributed by atoms with E-state index in [2.05, 4.69) is 4.90 Å². The van der Waals surface area contributed by atoms with Crippen LogP contribution in [0.2, 0.25) is 0 Å². The number of piperazine rings is 1. The van der Waals surface area contributed by atoms with Crippen LogP contribution in [0, 0.1) is 0 Å². The van der Waals surface area contributed by atoms with E-state index in [9.17, 15) is 9.59 Å². The molecule has 1 aromatic carbocycles. The number of carbonyl (C=O) groups excluding carboxylic acids is 2. The molecular formula is C19H28N2O4. The molecule has 1 heterocycles. The summed E-state index contributed by atoms with van der Waals surface area (Å²) in [5.41, 5.74) is 0.569. The van der Waals surface area contributed by atoms with Crippen molar-refractivity contribution >= 4 is 12.1 Å². The molecule has 25 heavy (non-hydrogen) atoms. The summed E-state index contributed by atoms with van der Waals surface area (Å²) >= 11 is 0. The van der Waals surface area contributed by atoms with Crippen LogP contribution in [0.5, 0.6) is 0 Å². The fourth-order valence-electron chi connectivity index (χ4n) is 2.78. The number of carbonyl (C=O) groups is 2. The fraction of sp³-hybridized carbons (Fsp3) is 0.579. The van der Waals surface area contributed by atoms with Crippen LogP contribution < -0.4 is 0 Å². The van der Waals surface area contributed by atoms with Crippen molar-refractivity contribution in [1.29, 1.82) is 0 Å². The van der Waals surface area contributed by atoms with E-state index in [1.807, 2.05) is 51.1 Å². The molecule has 0 spiro atoms. The second-order valence-electron chi connectivity index (χ2n) is 7.15. The number of nitrogens with zero attached hydrogens (tertiary/aromatic N) is 2. The summed E-state index contributed by atoms with van der Waals surface area (Å²) in [6, 6.07) is 9.50. The smallest absolute Gasteiger partial charge is 0.410 e. The maximum absolute atomic E-state index is 12.4. The summed E-state index contributed by atoms with van der Waals surface area (Å²) in [5.74, 6) is -0.299. The molecule has 0 saturated carbocycles. The Kier molecular flexibility index (Phi) is 6.42. The summed E-state index contributed by atoms with van der Waals surface area (Å²) in [7, 11) is 0. The SMILES string of the molecule is CCOC(=O)C1CN(C(=O)OC(C)(C)C)CCN1Cc1ccccc1. The van der Waals surface area contributed by atoms with Gasteiger partial charge in [-0.3, -0.25) is 9.69 Å². The van der Waals surface area contributed by atoms with Crippen molar-refractivity contribution in [1.82, 2.24) is 9.80 Å². The van der Waals surface area contributed by atoms with Gasteiger partial charge in [0.2, 0.25) is 0 Å². The Bertz CT molecular complexity index is 583. The molecule has 1 saturated heterocycles. The maximum atomic E-state index is 12.4. The average Bonchev–Trinajstić information content (AvgIpc) is 2.54. The van der Waals surface area contributed by atoms with Gasteiger partial charge in [-0.15, -0.1) is 0 Å². The Labute approximate surface area is 149 Å². The normalized spacial score (nSPS) is 18.7. The largest absolute Gasteiger partial charge is 0.465 e.